The molecule has 1 aliphatic rings. The SMILES string of the molecule is FC(F)(F)c1ccccc1CNCCCN1CCCCC1. The number of benzene rings is 1. The van der Waals surface area contributed by atoms with Gasteiger partial charge in [0.05, 0.1) is 5.56 Å². The fourth-order valence-corrected chi connectivity index (χ4v) is 2.78. The van der Waals surface area contributed by atoms with Crippen molar-refractivity contribution in [3.05, 3.63) is 35.4 Å². The summed E-state index contributed by atoms with van der Waals surface area (Å²) in [5.74, 6) is 0. The van der Waals surface area contributed by atoms with Crippen LogP contribution in [0.1, 0.15) is 36.8 Å². The van der Waals surface area contributed by atoms with Crippen molar-refractivity contribution < 1.29 is 13.2 Å². The van der Waals surface area contributed by atoms with Crippen LogP contribution in [-0.4, -0.2) is 31.1 Å². The molecule has 0 amide bonds. The average Bonchev–Trinajstić information content (AvgIpc) is 2.47. The van der Waals surface area contributed by atoms with E-state index in [1.165, 1.54) is 25.3 Å². The first-order chi connectivity index (χ1) is 10.1. The molecule has 1 fully saturated rings. The van der Waals surface area contributed by atoms with Crippen LogP contribution in [0.2, 0.25) is 0 Å². The van der Waals surface area contributed by atoms with E-state index in [2.05, 4.69) is 10.2 Å². The maximum atomic E-state index is 12.8. The standard InChI is InChI=1S/C16H23F3N2/c17-16(18,19)15-8-3-2-7-14(15)13-20-9-6-12-21-10-4-1-5-11-21/h2-3,7-8,20H,1,4-6,9-13H2. The molecule has 2 rings (SSSR count). The van der Waals surface area contributed by atoms with Crippen molar-refractivity contribution in [2.24, 2.45) is 0 Å². The van der Waals surface area contributed by atoms with Crippen LogP contribution >= 0.6 is 0 Å². The number of hydrogen-bond donors (Lipinski definition) is 1. The summed E-state index contributed by atoms with van der Waals surface area (Å²) < 4.78 is 38.5. The molecule has 0 atom stereocenters. The topological polar surface area (TPSA) is 15.3 Å². The first-order valence-corrected chi connectivity index (χ1v) is 7.65. The van der Waals surface area contributed by atoms with Gasteiger partial charge in [0.15, 0.2) is 0 Å². The highest BCUT2D eigenvalue weighted by Crippen LogP contribution is 2.31. The molecular formula is C16H23F3N2. The van der Waals surface area contributed by atoms with Gasteiger partial charge in [0, 0.05) is 6.54 Å². The Labute approximate surface area is 124 Å². The zero-order chi connectivity index (χ0) is 15.1. The maximum absolute atomic E-state index is 12.8. The summed E-state index contributed by atoms with van der Waals surface area (Å²) in [6.45, 7) is 4.39. The fourth-order valence-electron chi connectivity index (χ4n) is 2.78. The lowest BCUT2D eigenvalue weighted by Crippen LogP contribution is -2.32. The molecule has 2 nitrogen and oxygen atoms in total. The highest BCUT2D eigenvalue weighted by atomic mass is 19.4. The second-order valence-corrected chi connectivity index (χ2v) is 5.59. The zero-order valence-corrected chi connectivity index (χ0v) is 12.3. The van der Waals surface area contributed by atoms with E-state index < -0.39 is 11.7 Å². The third-order valence-electron chi connectivity index (χ3n) is 3.91. The van der Waals surface area contributed by atoms with E-state index in [0.29, 0.717) is 5.56 Å². The van der Waals surface area contributed by atoms with Gasteiger partial charge in [-0.15, -0.1) is 0 Å². The first-order valence-electron chi connectivity index (χ1n) is 7.65. The van der Waals surface area contributed by atoms with Crippen LogP contribution in [0.25, 0.3) is 0 Å². The van der Waals surface area contributed by atoms with Gasteiger partial charge < -0.3 is 10.2 Å². The Morgan fingerprint density at radius 2 is 1.76 bits per heavy atom. The molecule has 5 heteroatoms. The lowest BCUT2D eigenvalue weighted by atomic mass is 10.1. The van der Waals surface area contributed by atoms with Gasteiger partial charge >= 0.3 is 6.18 Å². The largest absolute Gasteiger partial charge is 0.416 e. The molecule has 1 heterocycles. The van der Waals surface area contributed by atoms with Gasteiger partial charge in [-0.3, -0.25) is 0 Å². The summed E-state index contributed by atoms with van der Waals surface area (Å²) in [6.07, 6.45) is 0.571. The second-order valence-electron chi connectivity index (χ2n) is 5.59. The number of nitrogens with zero attached hydrogens (tertiary/aromatic N) is 1. The summed E-state index contributed by atoms with van der Waals surface area (Å²) in [6, 6.07) is 5.77. The van der Waals surface area contributed by atoms with Crippen molar-refractivity contribution in [1.29, 1.82) is 0 Å². The summed E-state index contributed by atoms with van der Waals surface area (Å²) in [5.41, 5.74) is -0.212. The minimum absolute atomic E-state index is 0.273. The summed E-state index contributed by atoms with van der Waals surface area (Å²) in [7, 11) is 0. The number of piperidine rings is 1. The molecule has 0 aliphatic carbocycles. The molecule has 1 N–H and O–H groups in total. The van der Waals surface area contributed by atoms with Crippen LogP contribution < -0.4 is 5.32 Å². The Hall–Kier alpha value is -1.07. The first kappa shape index (κ1) is 16.3. The number of alkyl halides is 3. The van der Waals surface area contributed by atoms with Gasteiger partial charge in [0.25, 0.3) is 0 Å². The summed E-state index contributed by atoms with van der Waals surface area (Å²) >= 11 is 0. The van der Waals surface area contributed by atoms with E-state index in [4.69, 9.17) is 0 Å². The molecule has 1 aromatic rings. The van der Waals surface area contributed by atoms with Gasteiger partial charge in [-0.25, -0.2) is 0 Å². The predicted molar refractivity (Wildman–Crippen MR) is 78.1 cm³/mol. The number of halogens is 3. The average molecular weight is 300 g/mol. The van der Waals surface area contributed by atoms with Gasteiger partial charge in [-0.1, -0.05) is 24.6 Å². The van der Waals surface area contributed by atoms with E-state index in [-0.39, 0.29) is 6.54 Å². The number of likely N-dealkylation sites (tertiary alicyclic amines) is 1. The predicted octanol–water partition coefficient (Wildman–Crippen LogP) is 3.67. The highest BCUT2D eigenvalue weighted by molar-refractivity contribution is 5.29. The van der Waals surface area contributed by atoms with Crippen molar-refractivity contribution >= 4 is 0 Å². The van der Waals surface area contributed by atoms with Crippen molar-refractivity contribution in [2.45, 2.75) is 38.4 Å². The third-order valence-corrected chi connectivity index (χ3v) is 3.91. The molecule has 0 spiro atoms. The Kier molecular flexibility index (Phi) is 6.06. The summed E-state index contributed by atoms with van der Waals surface area (Å²) in [4.78, 5) is 2.44. The highest BCUT2D eigenvalue weighted by Gasteiger charge is 2.32. The smallest absolute Gasteiger partial charge is 0.313 e. The van der Waals surface area contributed by atoms with E-state index in [1.807, 2.05) is 0 Å². The number of rotatable bonds is 6. The molecule has 0 saturated carbocycles. The Balaban J connectivity index is 1.71. The lowest BCUT2D eigenvalue weighted by molar-refractivity contribution is -0.138. The van der Waals surface area contributed by atoms with Crippen LogP contribution in [0.5, 0.6) is 0 Å². The van der Waals surface area contributed by atoms with E-state index >= 15 is 0 Å². The third kappa shape index (κ3) is 5.32. The van der Waals surface area contributed by atoms with E-state index in [0.717, 1.165) is 38.7 Å². The van der Waals surface area contributed by atoms with Crippen molar-refractivity contribution in [3.8, 4) is 0 Å². The van der Waals surface area contributed by atoms with E-state index in [9.17, 15) is 13.2 Å². The Morgan fingerprint density at radius 1 is 1.05 bits per heavy atom. The van der Waals surface area contributed by atoms with Crippen LogP contribution in [0.4, 0.5) is 13.2 Å². The Bertz CT molecular complexity index is 426. The van der Waals surface area contributed by atoms with Gasteiger partial charge in [-0.05, 0) is 57.1 Å². The zero-order valence-electron chi connectivity index (χ0n) is 12.3. The molecule has 0 radical (unpaired) electrons. The Morgan fingerprint density at radius 3 is 2.48 bits per heavy atom. The second kappa shape index (κ2) is 7.80. The molecule has 0 bridgehead atoms. The monoisotopic (exact) mass is 300 g/mol. The molecule has 0 aromatic heterocycles. The minimum Gasteiger partial charge on any atom is -0.313 e. The molecule has 1 aromatic carbocycles. The van der Waals surface area contributed by atoms with Crippen LogP contribution in [0.15, 0.2) is 24.3 Å². The van der Waals surface area contributed by atoms with Crippen molar-refractivity contribution in [2.75, 3.05) is 26.2 Å². The normalized spacial score (nSPS) is 17.1. The molecule has 0 unspecified atom stereocenters. The van der Waals surface area contributed by atoms with Crippen LogP contribution in [0, 0.1) is 0 Å². The van der Waals surface area contributed by atoms with E-state index in [1.54, 1.807) is 12.1 Å². The summed E-state index contributed by atoms with van der Waals surface area (Å²) in [5, 5.41) is 3.13. The quantitative estimate of drug-likeness (QED) is 0.806. The van der Waals surface area contributed by atoms with Gasteiger partial charge in [0.1, 0.15) is 0 Å². The molecule has 1 saturated heterocycles. The van der Waals surface area contributed by atoms with Crippen LogP contribution in [-0.2, 0) is 12.7 Å². The lowest BCUT2D eigenvalue weighted by Gasteiger charge is -2.26. The van der Waals surface area contributed by atoms with Crippen molar-refractivity contribution in [3.63, 3.8) is 0 Å². The molecular weight excluding hydrogens is 277 g/mol. The molecule has 1 aliphatic heterocycles. The number of nitrogens with one attached hydrogen (secondary N) is 1. The van der Waals surface area contributed by atoms with Gasteiger partial charge in [-0.2, -0.15) is 13.2 Å². The van der Waals surface area contributed by atoms with Gasteiger partial charge in [0.2, 0.25) is 0 Å². The van der Waals surface area contributed by atoms with Crippen LogP contribution in [0.3, 0.4) is 0 Å². The van der Waals surface area contributed by atoms with Crippen molar-refractivity contribution in [1.82, 2.24) is 10.2 Å². The maximum Gasteiger partial charge on any atom is 0.416 e. The fraction of sp³-hybridized carbons (Fsp3) is 0.625. The number of hydrogen-bond acceptors (Lipinski definition) is 2. The minimum atomic E-state index is -4.27. The molecule has 21 heavy (non-hydrogen) atoms. The molecule has 118 valence electrons.